The minimum absolute atomic E-state index is 0.0663. The number of ether oxygens (including phenoxy) is 2. The molecule has 2 aromatic heterocycles. The van der Waals surface area contributed by atoms with Gasteiger partial charge in [-0.15, -0.1) is 11.3 Å². The number of nitrogens with zero attached hydrogens (tertiary/aromatic N) is 3. The van der Waals surface area contributed by atoms with Gasteiger partial charge < -0.3 is 25.0 Å². The molecule has 0 saturated carbocycles. The lowest BCUT2D eigenvalue weighted by molar-refractivity contribution is -0.135. The van der Waals surface area contributed by atoms with E-state index in [1.54, 1.807) is 14.2 Å². The van der Waals surface area contributed by atoms with Gasteiger partial charge in [-0.3, -0.25) is 18.8 Å². The zero-order valence-corrected chi connectivity index (χ0v) is 23.2. The predicted molar refractivity (Wildman–Crippen MR) is 147 cm³/mol. The summed E-state index contributed by atoms with van der Waals surface area (Å²) in [5.41, 5.74) is 2.68. The first kappa shape index (κ1) is 27.0. The van der Waals surface area contributed by atoms with Crippen LogP contribution in [0, 0.1) is 0 Å². The Morgan fingerprint density at radius 1 is 1.08 bits per heavy atom. The number of benzene rings is 1. The van der Waals surface area contributed by atoms with E-state index in [-0.39, 0.29) is 42.6 Å². The Labute approximate surface area is 231 Å². The van der Waals surface area contributed by atoms with Gasteiger partial charge in [-0.25, -0.2) is 4.98 Å². The number of carbonyl (C=O) groups is 3. The van der Waals surface area contributed by atoms with Crippen LogP contribution in [0.5, 0.6) is 11.5 Å². The first-order valence-electron chi connectivity index (χ1n) is 13.4. The smallest absolute Gasteiger partial charge is 0.229 e. The number of carbonyl (C=O) groups excluding carboxylic acids is 3. The van der Waals surface area contributed by atoms with E-state index in [1.165, 1.54) is 11.3 Å². The third-order valence-electron chi connectivity index (χ3n) is 7.54. The molecular formula is C28H35N5O5S. The van der Waals surface area contributed by atoms with E-state index >= 15 is 0 Å². The van der Waals surface area contributed by atoms with E-state index in [1.807, 2.05) is 33.1 Å². The fourth-order valence-corrected chi connectivity index (χ4v) is 6.40. The van der Waals surface area contributed by atoms with Crippen molar-refractivity contribution in [3.63, 3.8) is 0 Å². The quantitative estimate of drug-likeness (QED) is 0.513. The van der Waals surface area contributed by atoms with Crippen molar-refractivity contribution in [2.75, 3.05) is 27.3 Å². The predicted octanol–water partition coefficient (Wildman–Crippen LogP) is 2.52. The molecule has 2 N–H and O–H groups in total. The van der Waals surface area contributed by atoms with Crippen molar-refractivity contribution in [2.45, 2.75) is 63.5 Å². The Balaban J connectivity index is 1.32. The number of amides is 3. The van der Waals surface area contributed by atoms with E-state index in [4.69, 9.17) is 9.47 Å². The summed E-state index contributed by atoms with van der Waals surface area (Å²) in [6, 6.07) is 3.59. The lowest BCUT2D eigenvalue weighted by Gasteiger charge is -2.30. The molecular weight excluding hydrogens is 518 g/mol. The van der Waals surface area contributed by atoms with Gasteiger partial charge in [-0.05, 0) is 49.3 Å². The second kappa shape index (κ2) is 12.1. The van der Waals surface area contributed by atoms with Crippen LogP contribution < -0.4 is 20.1 Å². The molecule has 1 saturated heterocycles. The number of hydrogen-bond acceptors (Lipinski definition) is 7. The topological polar surface area (TPSA) is 114 Å². The van der Waals surface area contributed by atoms with Crippen LogP contribution in [0.15, 0.2) is 29.9 Å². The van der Waals surface area contributed by atoms with E-state index in [0.717, 1.165) is 35.4 Å². The number of aryl methyl sites for hydroxylation is 2. The first-order chi connectivity index (χ1) is 18.9. The molecule has 10 nitrogen and oxygen atoms in total. The Kier molecular flexibility index (Phi) is 8.35. The molecule has 39 heavy (non-hydrogen) atoms. The number of nitrogens with one attached hydrogen (secondary N) is 2. The third kappa shape index (κ3) is 6.19. The lowest BCUT2D eigenvalue weighted by atomic mass is 10.0. The summed E-state index contributed by atoms with van der Waals surface area (Å²) in [5.74, 6) is 1.10. The normalized spacial score (nSPS) is 20.8. The number of fused-ring (bicyclic) bond motifs is 5. The molecule has 3 aromatic rings. The lowest BCUT2D eigenvalue weighted by Crippen LogP contribution is -2.48. The van der Waals surface area contributed by atoms with Crippen LogP contribution in [0.4, 0.5) is 0 Å². The van der Waals surface area contributed by atoms with E-state index in [0.29, 0.717) is 49.5 Å². The molecule has 2 aliphatic heterocycles. The number of aromatic nitrogens is 2. The summed E-state index contributed by atoms with van der Waals surface area (Å²) in [6.07, 6.45) is 7.95. The number of hydrogen-bond donors (Lipinski definition) is 2. The molecule has 0 radical (unpaired) electrons. The highest BCUT2D eigenvalue weighted by atomic mass is 32.1. The largest absolute Gasteiger partial charge is 0.493 e. The van der Waals surface area contributed by atoms with Gasteiger partial charge >= 0.3 is 0 Å². The van der Waals surface area contributed by atoms with Gasteiger partial charge in [0.2, 0.25) is 17.7 Å². The van der Waals surface area contributed by atoms with Crippen LogP contribution in [-0.2, 0) is 33.6 Å². The van der Waals surface area contributed by atoms with Crippen molar-refractivity contribution >= 4 is 34.0 Å². The minimum atomic E-state index is -0.210. The van der Waals surface area contributed by atoms with Gasteiger partial charge in [-0.1, -0.05) is 6.07 Å². The number of imidazole rings is 1. The van der Waals surface area contributed by atoms with Crippen molar-refractivity contribution in [1.29, 1.82) is 0 Å². The van der Waals surface area contributed by atoms with E-state index in [9.17, 15) is 14.4 Å². The van der Waals surface area contributed by atoms with E-state index < -0.39 is 0 Å². The number of rotatable bonds is 4. The average molecular weight is 554 g/mol. The summed E-state index contributed by atoms with van der Waals surface area (Å²) in [7, 11) is 3.22. The minimum Gasteiger partial charge on any atom is -0.493 e. The average Bonchev–Trinajstić information content (AvgIpc) is 3.63. The Morgan fingerprint density at radius 3 is 2.72 bits per heavy atom. The highest BCUT2D eigenvalue weighted by Gasteiger charge is 2.38. The van der Waals surface area contributed by atoms with Crippen molar-refractivity contribution < 1.29 is 23.9 Å². The highest BCUT2D eigenvalue weighted by Crippen LogP contribution is 2.34. The summed E-state index contributed by atoms with van der Waals surface area (Å²) >= 11 is 1.52. The monoisotopic (exact) mass is 553 g/mol. The van der Waals surface area contributed by atoms with Crippen LogP contribution in [0.3, 0.4) is 0 Å². The summed E-state index contributed by atoms with van der Waals surface area (Å²) in [5, 5.41) is 8.02. The molecule has 2 atom stereocenters. The molecule has 3 amide bonds. The first-order valence-corrected chi connectivity index (χ1v) is 14.3. The Bertz CT molecular complexity index is 1320. The molecule has 2 aliphatic rings. The highest BCUT2D eigenvalue weighted by molar-refractivity contribution is 7.15. The molecule has 0 unspecified atom stereocenters. The molecule has 208 valence electrons. The fourth-order valence-electron chi connectivity index (χ4n) is 5.68. The van der Waals surface area contributed by atoms with Crippen molar-refractivity contribution in [3.8, 4) is 11.5 Å². The van der Waals surface area contributed by atoms with E-state index in [2.05, 4.69) is 21.7 Å². The van der Waals surface area contributed by atoms with Crippen LogP contribution in [0.25, 0.3) is 4.96 Å². The fraction of sp³-hybridized carbons (Fsp3) is 0.500. The summed E-state index contributed by atoms with van der Waals surface area (Å²) < 4.78 is 13.1. The van der Waals surface area contributed by atoms with Crippen molar-refractivity contribution in [3.05, 3.63) is 46.7 Å². The molecule has 1 aromatic carbocycles. The molecule has 5 rings (SSSR count). The molecule has 0 aliphatic carbocycles. The van der Waals surface area contributed by atoms with Crippen LogP contribution in [-0.4, -0.2) is 71.4 Å². The summed E-state index contributed by atoms with van der Waals surface area (Å²) in [4.78, 5) is 46.5. The summed E-state index contributed by atoms with van der Waals surface area (Å²) in [6.45, 7) is 0.877. The van der Waals surface area contributed by atoms with Gasteiger partial charge in [0.05, 0.1) is 26.3 Å². The zero-order chi connectivity index (χ0) is 27.4. The molecule has 0 spiro atoms. The van der Waals surface area contributed by atoms with Crippen molar-refractivity contribution in [1.82, 2.24) is 24.9 Å². The van der Waals surface area contributed by atoms with Crippen LogP contribution in [0.2, 0.25) is 0 Å². The second-order valence-electron chi connectivity index (χ2n) is 10.1. The number of thiazole rings is 1. The Morgan fingerprint density at radius 2 is 1.92 bits per heavy atom. The van der Waals surface area contributed by atoms with Gasteiger partial charge in [0.1, 0.15) is 0 Å². The maximum Gasteiger partial charge on any atom is 0.229 e. The SMILES string of the molecule is COc1cc2cc(c1OC)CCCNC(=O)C[C@@H]1CC[C@H](CNC(=O)CC2)N1C(=O)Cc1cn2ccsc2n1. The maximum atomic E-state index is 13.5. The second-order valence-corrected chi connectivity index (χ2v) is 11.0. The maximum absolute atomic E-state index is 13.5. The van der Waals surface area contributed by atoms with Crippen LogP contribution >= 0.6 is 11.3 Å². The molecule has 1 fully saturated rings. The van der Waals surface area contributed by atoms with Gasteiger partial charge in [0.25, 0.3) is 0 Å². The van der Waals surface area contributed by atoms with Gasteiger partial charge in [-0.2, -0.15) is 0 Å². The molecule has 4 bridgehead atoms. The molecule has 4 heterocycles. The zero-order valence-electron chi connectivity index (χ0n) is 22.4. The number of methoxy groups -OCH3 is 2. The Hall–Kier alpha value is -3.60. The van der Waals surface area contributed by atoms with Gasteiger partial charge in [0, 0.05) is 55.8 Å². The van der Waals surface area contributed by atoms with Crippen molar-refractivity contribution in [2.24, 2.45) is 0 Å². The third-order valence-corrected chi connectivity index (χ3v) is 8.31. The van der Waals surface area contributed by atoms with Gasteiger partial charge in [0.15, 0.2) is 16.5 Å². The molecule has 11 heteroatoms. The standard InChI is InChI=1S/C28H35N5O5S/c1-37-23-13-18-5-8-24(34)30-16-22-7-6-21(15-25(35)29-9-3-4-19(12-18)27(23)38-2)33(22)26(36)14-20-17-32-10-11-39-28(32)31-20/h10-13,17,21-22H,3-9,14-16H2,1-2H3,(H,29,35)(H,30,34)/t21-,22+/m0/s1. The van der Waals surface area contributed by atoms with Crippen LogP contribution in [0.1, 0.15) is 48.9 Å².